The van der Waals surface area contributed by atoms with E-state index in [9.17, 15) is 18.4 Å². The third-order valence-corrected chi connectivity index (χ3v) is 4.83. The topological polar surface area (TPSA) is 71.1 Å². The molecule has 1 atom stereocenters. The molecule has 1 aromatic rings. The molecule has 3 aliphatic rings. The van der Waals surface area contributed by atoms with Crippen molar-refractivity contribution in [1.29, 1.82) is 0 Å². The molecule has 1 aromatic carbocycles. The smallest absolute Gasteiger partial charge is 0.260 e. The maximum absolute atomic E-state index is 13.0. The summed E-state index contributed by atoms with van der Waals surface area (Å²) in [4.78, 5) is 27.5. The minimum atomic E-state index is -2.83. The SMILES string of the molecule is O=C(CN1CCN(C(=O)C2CC2(F)F)CC1)Nc1ccc2c(c1)OCO2. The molecule has 4 rings (SSSR count). The zero-order valence-corrected chi connectivity index (χ0v) is 14.0. The Balaban J connectivity index is 1.24. The molecule has 0 spiro atoms. The molecule has 1 saturated heterocycles. The fourth-order valence-electron chi connectivity index (χ4n) is 3.21. The normalized spacial score (nSPS) is 23.6. The summed E-state index contributed by atoms with van der Waals surface area (Å²) in [6.07, 6.45) is -0.343. The number of nitrogens with one attached hydrogen (secondary N) is 1. The second kappa shape index (κ2) is 6.39. The van der Waals surface area contributed by atoms with E-state index < -0.39 is 17.7 Å². The maximum atomic E-state index is 13.0. The zero-order chi connectivity index (χ0) is 18.3. The van der Waals surface area contributed by atoms with Crippen LogP contribution in [0.15, 0.2) is 18.2 Å². The predicted molar refractivity (Wildman–Crippen MR) is 87.3 cm³/mol. The van der Waals surface area contributed by atoms with Crippen LogP contribution in [0.25, 0.3) is 0 Å². The summed E-state index contributed by atoms with van der Waals surface area (Å²) < 4.78 is 36.5. The fourth-order valence-corrected chi connectivity index (χ4v) is 3.21. The van der Waals surface area contributed by atoms with Crippen molar-refractivity contribution < 1.29 is 27.8 Å². The molecule has 26 heavy (non-hydrogen) atoms. The van der Waals surface area contributed by atoms with E-state index in [1.54, 1.807) is 18.2 Å². The second-order valence-electron chi connectivity index (χ2n) is 6.74. The van der Waals surface area contributed by atoms with Crippen molar-refractivity contribution in [3.63, 3.8) is 0 Å². The van der Waals surface area contributed by atoms with Crippen LogP contribution < -0.4 is 14.8 Å². The van der Waals surface area contributed by atoms with Crippen molar-refractivity contribution in [2.24, 2.45) is 5.92 Å². The monoisotopic (exact) mass is 367 g/mol. The molecule has 9 heteroatoms. The molecule has 1 N–H and O–H groups in total. The van der Waals surface area contributed by atoms with Crippen LogP contribution in [0, 0.1) is 5.92 Å². The van der Waals surface area contributed by atoms with Gasteiger partial charge in [0, 0.05) is 44.4 Å². The number of nitrogens with zero attached hydrogens (tertiary/aromatic N) is 2. The van der Waals surface area contributed by atoms with Gasteiger partial charge in [-0.15, -0.1) is 0 Å². The van der Waals surface area contributed by atoms with Crippen LogP contribution in [0.3, 0.4) is 0 Å². The van der Waals surface area contributed by atoms with Crippen molar-refractivity contribution in [3.8, 4) is 11.5 Å². The number of ether oxygens (including phenoxy) is 2. The number of rotatable bonds is 4. The van der Waals surface area contributed by atoms with Crippen molar-refractivity contribution in [1.82, 2.24) is 9.80 Å². The Morgan fingerprint density at radius 1 is 1.15 bits per heavy atom. The van der Waals surface area contributed by atoms with Gasteiger partial charge in [-0.05, 0) is 12.1 Å². The number of fused-ring (bicyclic) bond motifs is 1. The minimum Gasteiger partial charge on any atom is -0.454 e. The Hall–Kier alpha value is -2.42. The van der Waals surface area contributed by atoms with Crippen molar-refractivity contribution in [2.75, 3.05) is 44.8 Å². The number of anilines is 1. The molecule has 0 bridgehead atoms. The van der Waals surface area contributed by atoms with Crippen LogP contribution in [-0.4, -0.2) is 67.1 Å². The quantitative estimate of drug-likeness (QED) is 0.865. The highest BCUT2D eigenvalue weighted by Gasteiger charge is 2.62. The van der Waals surface area contributed by atoms with Gasteiger partial charge in [-0.1, -0.05) is 0 Å². The summed E-state index contributed by atoms with van der Waals surface area (Å²) in [5, 5.41) is 2.80. The van der Waals surface area contributed by atoms with Gasteiger partial charge in [0.15, 0.2) is 11.5 Å². The number of amides is 2. The lowest BCUT2D eigenvalue weighted by Crippen LogP contribution is -2.51. The molecule has 0 aromatic heterocycles. The molecule has 140 valence electrons. The first-order valence-electron chi connectivity index (χ1n) is 8.51. The van der Waals surface area contributed by atoms with Gasteiger partial charge in [-0.25, -0.2) is 8.78 Å². The van der Waals surface area contributed by atoms with Crippen molar-refractivity contribution >= 4 is 17.5 Å². The molecule has 2 fully saturated rings. The number of benzene rings is 1. The molecular formula is C17H19F2N3O4. The number of halogens is 2. The molecule has 1 aliphatic carbocycles. The van der Waals surface area contributed by atoms with E-state index in [0.717, 1.165) is 0 Å². The van der Waals surface area contributed by atoms with Gasteiger partial charge in [0.2, 0.25) is 18.6 Å². The molecule has 1 saturated carbocycles. The average molecular weight is 367 g/mol. The van der Waals surface area contributed by atoms with Gasteiger partial charge >= 0.3 is 0 Å². The standard InChI is InChI=1S/C17H19F2N3O4/c18-17(19)8-12(17)16(24)22-5-3-21(4-6-22)9-15(23)20-11-1-2-13-14(7-11)26-10-25-13/h1-2,7,12H,3-6,8-10H2,(H,20,23). The summed E-state index contributed by atoms with van der Waals surface area (Å²) in [7, 11) is 0. The van der Waals surface area contributed by atoms with Crippen LogP contribution >= 0.6 is 0 Å². The van der Waals surface area contributed by atoms with E-state index in [0.29, 0.717) is 43.4 Å². The number of hydrogen-bond donors (Lipinski definition) is 1. The molecule has 2 aliphatic heterocycles. The number of alkyl halides is 2. The van der Waals surface area contributed by atoms with Crippen LogP contribution in [0.1, 0.15) is 6.42 Å². The third-order valence-electron chi connectivity index (χ3n) is 4.83. The molecule has 0 radical (unpaired) electrons. The first-order chi connectivity index (χ1) is 12.4. The lowest BCUT2D eigenvalue weighted by atomic mass is 10.2. The summed E-state index contributed by atoms with van der Waals surface area (Å²) in [5.41, 5.74) is 0.615. The van der Waals surface area contributed by atoms with Gasteiger partial charge in [0.1, 0.15) is 5.92 Å². The van der Waals surface area contributed by atoms with E-state index in [-0.39, 0.29) is 25.7 Å². The number of carbonyl (C=O) groups excluding carboxylic acids is 2. The van der Waals surface area contributed by atoms with E-state index in [1.165, 1.54) is 4.90 Å². The van der Waals surface area contributed by atoms with Crippen LogP contribution in [0.2, 0.25) is 0 Å². The van der Waals surface area contributed by atoms with E-state index in [1.807, 2.05) is 4.90 Å². The van der Waals surface area contributed by atoms with Crippen molar-refractivity contribution in [3.05, 3.63) is 18.2 Å². The van der Waals surface area contributed by atoms with Crippen molar-refractivity contribution in [2.45, 2.75) is 12.3 Å². The first kappa shape index (κ1) is 17.0. The summed E-state index contributed by atoms with van der Waals surface area (Å²) in [5.74, 6) is -3.41. The van der Waals surface area contributed by atoms with Gasteiger partial charge < -0.3 is 19.7 Å². The predicted octanol–water partition coefficient (Wildman–Crippen LogP) is 1.15. The van der Waals surface area contributed by atoms with Gasteiger partial charge in [0.05, 0.1) is 6.54 Å². The summed E-state index contributed by atoms with van der Waals surface area (Å²) in [6.45, 7) is 2.04. The lowest BCUT2D eigenvalue weighted by molar-refractivity contribution is -0.136. The Morgan fingerprint density at radius 2 is 1.85 bits per heavy atom. The molecule has 1 unspecified atom stereocenters. The minimum absolute atomic E-state index is 0.169. The number of hydrogen-bond acceptors (Lipinski definition) is 5. The first-order valence-corrected chi connectivity index (χ1v) is 8.51. The molecular weight excluding hydrogens is 348 g/mol. The van der Waals surface area contributed by atoms with Gasteiger partial charge in [-0.3, -0.25) is 14.5 Å². The second-order valence-corrected chi connectivity index (χ2v) is 6.74. The maximum Gasteiger partial charge on any atom is 0.260 e. The number of piperazine rings is 1. The van der Waals surface area contributed by atoms with Gasteiger partial charge in [-0.2, -0.15) is 0 Å². The highest BCUT2D eigenvalue weighted by Crippen LogP contribution is 2.49. The Labute approximate surface area is 148 Å². The summed E-state index contributed by atoms with van der Waals surface area (Å²) >= 11 is 0. The Morgan fingerprint density at radius 3 is 2.54 bits per heavy atom. The largest absolute Gasteiger partial charge is 0.454 e. The van der Waals surface area contributed by atoms with Gasteiger partial charge in [0.25, 0.3) is 5.92 Å². The zero-order valence-electron chi connectivity index (χ0n) is 14.0. The molecule has 2 heterocycles. The molecule has 7 nitrogen and oxygen atoms in total. The van der Waals surface area contributed by atoms with Crippen LogP contribution in [0.5, 0.6) is 11.5 Å². The van der Waals surface area contributed by atoms with E-state index >= 15 is 0 Å². The van der Waals surface area contributed by atoms with E-state index in [4.69, 9.17) is 9.47 Å². The Kier molecular flexibility index (Phi) is 4.18. The van der Waals surface area contributed by atoms with Crippen LogP contribution in [0.4, 0.5) is 14.5 Å². The number of carbonyl (C=O) groups is 2. The third kappa shape index (κ3) is 3.44. The van der Waals surface area contributed by atoms with Crippen LogP contribution in [-0.2, 0) is 9.59 Å². The Bertz CT molecular complexity index is 735. The van der Waals surface area contributed by atoms with E-state index in [2.05, 4.69) is 5.32 Å². The fraction of sp³-hybridized carbons (Fsp3) is 0.529. The summed E-state index contributed by atoms with van der Waals surface area (Å²) in [6, 6.07) is 5.17. The molecule has 2 amide bonds. The lowest BCUT2D eigenvalue weighted by Gasteiger charge is -2.34. The average Bonchev–Trinajstić information content (AvgIpc) is 3.03. The highest BCUT2D eigenvalue weighted by atomic mass is 19.3. The highest BCUT2D eigenvalue weighted by molar-refractivity contribution is 5.92.